The predicted molar refractivity (Wildman–Crippen MR) is 86.0 cm³/mol. The number of nitrogens with zero attached hydrogens (tertiary/aromatic N) is 2. The number of carbonyl (C=O) groups excluding carboxylic acids is 1. The third-order valence-electron chi connectivity index (χ3n) is 4.07. The molecule has 0 aliphatic carbocycles. The average Bonchev–Trinajstić information content (AvgIpc) is 2.47. The second-order valence-electron chi connectivity index (χ2n) is 5.93. The number of nitriles is 1. The SMILES string of the molecule is CCC(C)(C)N(C)CCCC(=O)Nc1cccc(C#N)c1. The molecule has 4 nitrogen and oxygen atoms in total. The molecule has 21 heavy (non-hydrogen) atoms. The van der Waals surface area contributed by atoms with E-state index >= 15 is 0 Å². The van der Waals surface area contributed by atoms with E-state index in [4.69, 9.17) is 5.26 Å². The van der Waals surface area contributed by atoms with E-state index in [1.165, 1.54) is 0 Å². The first-order valence-corrected chi connectivity index (χ1v) is 7.40. The summed E-state index contributed by atoms with van der Waals surface area (Å²) < 4.78 is 0. The van der Waals surface area contributed by atoms with Gasteiger partial charge >= 0.3 is 0 Å². The van der Waals surface area contributed by atoms with Crippen LogP contribution < -0.4 is 5.32 Å². The summed E-state index contributed by atoms with van der Waals surface area (Å²) in [5, 5.41) is 11.7. The standard InChI is InChI=1S/C17H25N3O/c1-5-17(2,3)20(4)11-7-10-16(21)19-15-9-6-8-14(12-15)13-18/h6,8-9,12H,5,7,10-11H2,1-4H3,(H,19,21). The van der Waals surface area contributed by atoms with Gasteiger partial charge in [0.15, 0.2) is 0 Å². The molecule has 4 heteroatoms. The van der Waals surface area contributed by atoms with Crippen LogP contribution in [-0.4, -0.2) is 29.9 Å². The van der Waals surface area contributed by atoms with Crippen LogP contribution >= 0.6 is 0 Å². The van der Waals surface area contributed by atoms with E-state index in [0.29, 0.717) is 17.7 Å². The number of rotatable bonds is 7. The molecule has 0 unspecified atom stereocenters. The first-order valence-electron chi connectivity index (χ1n) is 7.40. The summed E-state index contributed by atoms with van der Waals surface area (Å²) in [6.07, 6.45) is 2.39. The number of nitrogens with one attached hydrogen (secondary N) is 1. The fraction of sp³-hybridized carbons (Fsp3) is 0.529. The van der Waals surface area contributed by atoms with Crippen molar-refractivity contribution >= 4 is 11.6 Å². The van der Waals surface area contributed by atoms with Gasteiger partial charge in [0.2, 0.25) is 5.91 Å². The number of anilines is 1. The van der Waals surface area contributed by atoms with Crippen molar-refractivity contribution in [3.05, 3.63) is 29.8 Å². The predicted octanol–water partition coefficient (Wildman–Crippen LogP) is 3.40. The molecule has 1 N–H and O–H groups in total. The maximum atomic E-state index is 11.9. The first kappa shape index (κ1) is 17.2. The topological polar surface area (TPSA) is 56.1 Å². The van der Waals surface area contributed by atoms with Crippen molar-refractivity contribution in [3.8, 4) is 6.07 Å². The molecule has 1 rings (SSSR count). The zero-order valence-electron chi connectivity index (χ0n) is 13.4. The Balaban J connectivity index is 2.40. The van der Waals surface area contributed by atoms with Gasteiger partial charge in [0.05, 0.1) is 11.6 Å². The van der Waals surface area contributed by atoms with E-state index in [-0.39, 0.29) is 11.4 Å². The summed E-state index contributed by atoms with van der Waals surface area (Å²) >= 11 is 0. The Bertz CT molecular complexity index is 517. The van der Waals surface area contributed by atoms with Crippen molar-refractivity contribution in [2.75, 3.05) is 18.9 Å². The Hall–Kier alpha value is -1.86. The van der Waals surface area contributed by atoms with Gasteiger partial charge < -0.3 is 10.2 Å². The molecule has 0 atom stereocenters. The highest BCUT2D eigenvalue weighted by atomic mass is 16.1. The molecular formula is C17H25N3O. The van der Waals surface area contributed by atoms with E-state index < -0.39 is 0 Å². The molecule has 0 spiro atoms. The lowest BCUT2D eigenvalue weighted by molar-refractivity contribution is -0.116. The zero-order valence-corrected chi connectivity index (χ0v) is 13.4. The summed E-state index contributed by atoms with van der Waals surface area (Å²) in [7, 11) is 2.10. The molecular weight excluding hydrogens is 262 g/mol. The van der Waals surface area contributed by atoms with Gasteiger partial charge in [-0.15, -0.1) is 0 Å². The molecule has 0 fully saturated rings. The highest BCUT2D eigenvalue weighted by Crippen LogP contribution is 2.17. The Kier molecular flexibility index (Phi) is 6.39. The van der Waals surface area contributed by atoms with Crippen molar-refractivity contribution < 1.29 is 4.79 Å². The smallest absolute Gasteiger partial charge is 0.224 e. The molecule has 0 bridgehead atoms. The number of hydrogen-bond donors (Lipinski definition) is 1. The normalized spacial score (nSPS) is 11.2. The fourth-order valence-corrected chi connectivity index (χ4v) is 1.94. The minimum Gasteiger partial charge on any atom is -0.326 e. The highest BCUT2D eigenvalue weighted by molar-refractivity contribution is 5.90. The second-order valence-corrected chi connectivity index (χ2v) is 5.93. The van der Waals surface area contributed by atoms with Crippen molar-refractivity contribution in [1.29, 1.82) is 5.26 Å². The van der Waals surface area contributed by atoms with Gasteiger partial charge in [0.1, 0.15) is 0 Å². The van der Waals surface area contributed by atoms with Crippen LogP contribution in [0, 0.1) is 11.3 Å². The lowest BCUT2D eigenvalue weighted by Gasteiger charge is -2.34. The quantitative estimate of drug-likeness (QED) is 0.836. The van der Waals surface area contributed by atoms with Gasteiger partial charge in [0.25, 0.3) is 0 Å². The molecule has 0 aliphatic heterocycles. The molecule has 0 radical (unpaired) electrons. The van der Waals surface area contributed by atoms with E-state index in [1.54, 1.807) is 24.3 Å². The van der Waals surface area contributed by atoms with Crippen LogP contribution in [0.1, 0.15) is 45.6 Å². The number of carbonyl (C=O) groups is 1. The van der Waals surface area contributed by atoms with Gasteiger partial charge in [-0.3, -0.25) is 4.79 Å². The molecule has 0 aliphatic rings. The van der Waals surface area contributed by atoms with E-state index in [1.807, 2.05) is 0 Å². The van der Waals surface area contributed by atoms with Crippen LogP contribution in [0.5, 0.6) is 0 Å². The molecule has 1 aromatic carbocycles. The Morgan fingerprint density at radius 1 is 1.43 bits per heavy atom. The van der Waals surface area contributed by atoms with Gasteiger partial charge in [-0.25, -0.2) is 0 Å². The number of hydrogen-bond acceptors (Lipinski definition) is 3. The third-order valence-corrected chi connectivity index (χ3v) is 4.07. The third kappa shape index (κ3) is 5.57. The molecule has 1 aromatic rings. The van der Waals surface area contributed by atoms with Crippen molar-refractivity contribution in [3.63, 3.8) is 0 Å². The maximum Gasteiger partial charge on any atom is 0.224 e. The van der Waals surface area contributed by atoms with E-state index in [2.05, 4.69) is 44.1 Å². The van der Waals surface area contributed by atoms with Crippen molar-refractivity contribution in [2.45, 2.75) is 45.6 Å². The van der Waals surface area contributed by atoms with Crippen LogP contribution in [0.25, 0.3) is 0 Å². The van der Waals surface area contributed by atoms with E-state index in [0.717, 1.165) is 19.4 Å². The summed E-state index contributed by atoms with van der Waals surface area (Å²) in [6.45, 7) is 7.48. The zero-order chi connectivity index (χ0) is 15.9. The molecule has 0 heterocycles. The maximum absolute atomic E-state index is 11.9. The Labute approximate surface area is 127 Å². The van der Waals surface area contributed by atoms with Gasteiger partial charge in [-0.1, -0.05) is 13.0 Å². The first-order chi connectivity index (χ1) is 9.89. The molecule has 1 amide bonds. The van der Waals surface area contributed by atoms with Crippen LogP contribution in [0.15, 0.2) is 24.3 Å². The minimum atomic E-state index is -0.00667. The average molecular weight is 287 g/mol. The van der Waals surface area contributed by atoms with Gasteiger partial charge in [0, 0.05) is 17.6 Å². The van der Waals surface area contributed by atoms with Crippen LogP contribution in [0.2, 0.25) is 0 Å². The molecule has 114 valence electrons. The van der Waals surface area contributed by atoms with Crippen LogP contribution in [0.3, 0.4) is 0 Å². The Morgan fingerprint density at radius 3 is 2.76 bits per heavy atom. The summed E-state index contributed by atoms with van der Waals surface area (Å²) in [6, 6.07) is 9.03. The second kappa shape index (κ2) is 7.80. The molecule has 0 saturated carbocycles. The van der Waals surface area contributed by atoms with Gasteiger partial charge in [-0.05, 0) is 58.5 Å². The van der Waals surface area contributed by atoms with E-state index in [9.17, 15) is 4.79 Å². The fourth-order valence-electron chi connectivity index (χ4n) is 1.94. The molecule has 0 saturated heterocycles. The van der Waals surface area contributed by atoms with Crippen LogP contribution in [0.4, 0.5) is 5.69 Å². The Morgan fingerprint density at radius 2 is 2.14 bits per heavy atom. The van der Waals surface area contributed by atoms with Crippen molar-refractivity contribution in [1.82, 2.24) is 4.90 Å². The molecule has 0 aromatic heterocycles. The summed E-state index contributed by atoms with van der Waals surface area (Å²) in [5.74, 6) is -0.00667. The number of benzene rings is 1. The van der Waals surface area contributed by atoms with Gasteiger partial charge in [-0.2, -0.15) is 5.26 Å². The summed E-state index contributed by atoms with van der Waals surface area (Å²) in [4.78, 5) is 14.2. The number of amides is 1. The lowest BCUT2D eigenvalue weighted by Crippen LogP contribution is -2.41. The van der Waals surface area contributed by atoms with Crippen LogP contribution in [-0.2, 0) is 4.79 Å². The monoisotopic (exact) mass is 287 g/mol. The van der Waals surface area contributed by atoms with Crippen molar-refractivity contribution in [2.24, 2.45) is 0 Å². The summed E-state index contributed by atoms with van der Waals surface area (Å²) in [5.41, 5.74) is 1.40. The highest BCUT2D eigenvalue weighted by Gasteiger charge is 2.20. The lowest BCUT2D eigenvalue weighted by atomic mass is 10.00. The largest absolute Gasteiger partial charge is 0.326 e. The minimum absolute atomic E-state index is 0.00667.